The Morgan fingerprint density at radius 2 is 1.45 bits per heavy atom. The number of H-pyrrole nitrogens is 2. The van der Waals surface area contributed by atoms with Crippen LogP contribution in [0, 0.1) is 5.92 Å². The van der Waals surface area contributed by atoms with E-state index in [1.807, 2.05) is 66.4 Å². The van der Waals surface area contributed by atoms with E-state index in [9.17, 15) is 19.5 Å². The van der Waals surface area contributed by atoms with Crippen molar-refractivity contribution >= 4 is 18.1 Å². The summed E-state index contributed by atoms with van der Waals surface area (Å²) in [5.41, 5.74) is 5.45. The number of ether oxygens (including phenoxy) is 3. The number of hydrogen-bond acceptors (Lipinski definition) is 10. The van der Waals surface area contributed by atoms with E-state index < -0.39 is 30.5 Å². The molecule has 5 N–H and O–H groups in total. The third kappa shape index (κ3) is 8.78. The van der Waals surface area contributed by atoms with Gasteiger partial charge >= 0.3 is 12.2 Å². The average molecular weight is 877 g/mol. The van der Waals surface area contributed by atoms with Crippen LogP contribution in [-0.4, -0.2) is 105 Å². The number of aliphatic hydroxyl groups excluding tert-OH is 1. The second kappa shape index (κ2) is 18.7. The quantitative estimate of drug-likeness (QED) is 0.0901. The normalized spacial score (nSPS) is 26.4. The summed E-state index contributed by atoms with van der Waals surface area (Å²) in [5, 5.41) is 17.2. The predicted molar refractivity (Wildman–Crippen MR) is 239 cm³/mol. The highest BCUT2D eigenvalue weighted by Gasteiger charge is 2.51. The number of methoxy groups -OCH3 is 1. The van der Waals surface area contributed by atoms with Crippen LogP contribution < -0.4 is 10.6 Å². The third-order valence-electron chi connectivity index (χ3n) is 15.2. The fourth-order valence-electron chi connectivity index (χ4n) is 11.4. The van der Waals surface area contributed by atoms with Crippen molar-refractivity contribution in [1.29, 1.82) is 0 Å². The fourth-order valence-corrected chi connectivity index (χ4v) is 11.4. The van der Waals surface area contributed by atoms with Crippen molar-refractivity contribution in [3.8, 4) is 11.3 Å². The van der Waals surface area contributed by atoms with Gasteiger partial charge in [0.05, 0.1) is 50.3 Å². The van der Waals surface area contributed by atoms with Crippen LogP contribution in [-0.2, 0) is 29.8 Å². The molecular weight excluding hydrogens is 813 g/mol. The van der Waals surface area contributed by atoms with Gasteiger partial charge < -0.3 is 44.8 Å². The van der Waals surface area contributed by atoms with Crippen molar-refractivity contribution in [3.05, 3.63) is 95.5 Å². The lowest BCUT2D eigenvalue weighted by molar-refractivity contribution is -0.134. The second-order valence-electron chi connectivity index (χ2n) is 19.1. The fraction of sp³-hybridized carbons (Fsp3) is 0.571. The zero-order valence-electron chi connectivity index (χ0n) is 37.4. The van der Waals surface area contributed by atoms with Gasteiger partial charge in [-0.1, -0.05) is 68.4 Å². The Kier molecular flexibility index (Phi) is 12.8. The number of hydrogen-bond donors (Lipinski definition) is 5. The number of likely N-dealkylation sites (tertiary alicyclic amines) is 2. The predicted octanol–water partition coefficient (Wildman–Crippen LogP) is 7.49. The van der Waals surface area contributed by atoms with Gasteiger partial charge in [0.1, 0.15) is 30.0 Å². The van der Waals surface area contributed by atoms with Crippen molar-refractivity contribution in [1.82, 2.24) is 40.4 Å². The minimum atomic E-state index is -0.879. The number of aliphatic hydroxyl groups is 1. The molecule has 0 radical (unpaired) electrons. The monoisotopic (exact) mass is 876 g/mol. The number of carbonyl (C=O) groups excluding carboxylic acids is 3. The minimum Gasteiger partial charge on any atom is -0.453 e. The molecule has 15 heteroatoms. The highest BCUT2D eigenvalue weighted by atomic mass is 16.6. The number of nitrogens with one attached hydrogen (secondary N) is 4. The molecule has 342 valence electrons. The standard InChI is InChI=1S/C49H64N8O7/c1-31(2)40(54-46(60)62-3)44(58)56-25-7-11-37(56)42-50-29-36(52-42)32-13-15-34(16-14-32)48-19-22-49(23-20-48,24-21-48)39-30-51-43(53-39)38-12-8-26-57(38)45(59)41(33-9-5-4-6-10-33)55-47(61)64-35-17-27-63-28-18-35/h4-6,9-10,13-16,29-31,35,37-38,40-41,44,58H,7-8,11-12,17-28H2,1-3H3,(H,50,52)(H,51,53)(H,54,60)(H,55,61). The number of alkyl carbamates (subject to hydrolysis) is 2. The molecule has 10 rings (SSSR count). The zero-order valence-corrected chi connectivity index (χ0v) is 37.4. The summed E-state index contributed by atoms with van der Waals surface area (Å²) < 4.78 is 16.0. The van der Waals surface area contributed by atoms with Crippen LogP contribution in [0.5, 0.6) is 0 Å². The summed E-state index contributed by atoms with van der Waals surface area (Å²) in [7, 11) is 1.33. The topological polar surface area (TPSA) is 187 Å². The van der Waals surface area contributed by atoms with Crippen molar-refractivity contribution < 1.29 is 33.7 Å². The van der Waals surface area contributed by atoms with E-state index in [1.54, 1.807) is 0 Å². The van der Waals surface area contributed by atoms with Crippen molar-refractivity contribution in [2.75, 3.05) is 33.4 Å². The van der Waals surface area contributed by atoms with E-state index in [0.29, 0.717) is 39.1 Å². The zero-order chi connectivity index (χ0) is 44.4. The number of imidazole rings is 2. The lowest BCUT2D eigenvalue weighted by Gasteiger charge is -2.53. The molecule has 2 aromatic carbocycles. The van der Waals surface area contributed by atoms with E-state index in [-0.39, 0.29) is 40.8 Å². The van der Waals surface area contributed by atoms with E-state index in [4.69, 9.17) is 24.2 Å². The van der Waals surface area contributed by atoms with Gasteiger partial charge in [0.2, 0.25) is 0 Å². The highest BCUT2D eigenvalue weighted by Crippen LogP contribution is 2.58. The Bertz CT molecular complexity index is 2210. The van der Waals surface area contributed by atoms with Crippen LogP contribution in [0.25, 0.3) is 11.3 Å². The molecule has 3 saturated heterocycles. The van der Waals surface area contributed by atoms with Crippen LogP contribution in [0.1, 0.15) is 137 Å². The van der Waals surface area contributed by atoms with Crippen molar-refractivity contribution in [3.63, 3.8) is 0 Å². The van der Waals surface area contributed by atoms with E-state index in [1.165, 1.54) is 18.4 Å². The van der Waals surface area contributed by atoms with Gasteiger partial charge in [0.25, 0.3) is 5.91 Å². The molecule has 2 bridgehead atoms. The van der Waals surface area contributed by atoms with Crippen LogP contribution >= 0.6 is 0 Å². The summed E-state index contributed by atoms with van der Waals surface area (Å²) >= 11 is 0. The van der Waals surface area contributed by atoms with Gasteiger partial charge in [0, 0.05) is 43.2 Å². The molecule has 64 heavy (non-hydrogen) atoms. The summed E-state index contributed by atoms with van der Waals surface area (Å²) in [6.07, 6.45) is 12.9. The van der Waals surface area contributed by atoms with Crippen molar-refractivity contribution in [2.24, 2.45) is 5.92 Å². The molecule has 2 aromatic heterocycles. The first-order chi connectivity index (χ1) is 31.1. The molecule has 5 unspecified atom stereocenters. The minimum absolute atomic E-state index is 0.00168. The molecule has 6 aliphatic rings. The second-order valence-corrected chi connectivity index (χ2v) is 19.1. The Morgan fingerprint density at radius 3 is 2.16 bits per heavy atom. The lowest BCUT2D eigenvalue weighted by atomic mass is 9.51. The molecule has 3 saturated carbocycles. The molecule has 3 aliphatic heterocycles. The number of amides is 3. The maximum Gasteiger partial charge on any atom is 0.408 e. The van der Waals surface area contributed by atoms with Gasteiger partial charge in [-0.05, 0) is 92.2 Å². The molecular formula is C49H64N8O7. The molecule has 3 amide bonds. The van der Waals surface area contributed by atoms with Crippen LogP contribution in [0.4, 0.5) is 9.59 Å². The molecule has 5 heterocycles. The van der Waals surface area contributed by atoms with Crippen molar-refractivity contribution in [2.45, 2.75) is 138 Å². The Morgan fingerprint density at radius 1 is 0.797 bits per heavy atom. The first kappa shape index (κ1) is 44.0. The van der Waals surface area contributed by atoms with E-state index in [2.05, 4.69) is 44.9 Å². The molecule has 4 aromatic rings. The maximum atomic E-state index is 14.4. The van der Waals surface area contributed by atoms with E-state index in [0.717, 1.165) is 92.7 Å². The Hall–Kier alpha value is -5.25. The number of fused-ring (bicyclic) bond motifs is 3. The Balaban J connectivity index is 0.837. The van der Waals surface area contributed by atoms with Gasteiger partial charge in [-0.2, -0.15) is 0 Å². The molecule has 6 fully saturated rings. The largest absolute Gasteiger partial charge is 0.453 e. The molecule has 0 spiro atoms. The third-order valence-corrected chi connectivity index (χ3v) is 15.2. The molecule has 3 aliphatic carbocycles. The van der Waals surface area contributed by atoms with Gasteiger partial charge in [-0.3, -0.25) is 9.69 Å². The average Bonchev–Trinajstić information content (AvgIpc) is 4.18. The first-order valence-corrected chi connectivity index (χ1v) is 23.5. The van der Waals surface area contributed by atoms with Crippen LogP contribution in [0.15, 0.2) is 67.0 Å². The first-order valence-electron chi connectivity index (χ1n) is 23.5. The molecule has 5 atom stereocenters. The summed E-state index contributed by atoms with van der Waals surface area (Å²) in [6, 6.07) is 16.8. The summed E-state index contributed by atoms with van der Waals surface area (Å²) in [4.78, 5) is 60.6. The lowest BCUT2D eigenvalue weighted by Crippen LogP contribution is -2.54. The summed E-state index contributed by atoms with van der Waals surface area (Å²) in [6.45, 7) is 6.37. The number of rotatable bonds is 13. The van der Waals surface area contributed by atoms with Crippen LogP contribution in [0.2, 0.25) is 0 Å². The maximum absolute atomic E-state index is 14.4. The highest BCUT2D eigenvalue weighted by molar-refractivity contribution is 5.87. The number of nitrogens with zero attached hydrogens (tertiary/aromatic N) is 4. The number of aromatic nitrogens is 4. The SMILES string of the molecule is COC(=O)NC(C(C)C)C(O)N1CCCC1c1ncc(-c2ccc(C34CCC(c5cnc(C6CCCN6C(=O)C(NC(=O)OC6CCOCC6)c6ccccc6)[nH]5)(CC3)CC4)cc2)[nH]1. The number of carbonyl (C=O) groups is 3. The van der Waals surface area contributed by atoms with E-state index >= 15 is 0 Å². The van der Waals surface area contributed by atoms with Crippen LogP contribution in [0.3, 0.4) is 0 Å². The van der Waals surface area contributed by atoms with Gasteiger partial charge in [0.15, 0.2) is 0 Å². The number of benzene rings is 2. The Labute approximate surface area is 375 Å². The molecule has 15 nitrogen and oxygen atoms in total. The summed E-state index contributed by atoms with van der Waals surface area (Å²) in [5.74, 6) is 1.48. The van der Waals surface area contributed by atoms with Gasteiger partial charge in [-0.25, -0.2) is 19.6 Å². The number of aromatic amines is 2. The smallest absolute Gasteiger partial charge is 0.408 e. The van der Waals surface area contributed by atoms with Gasteiger partial charge in [-0.15, -0.1) is 0 Å².